The van der Waals surface area contributed by atoms with Crippen LogP contribution in [0.5, 0.6) is 5.75 Å². The Kier molecular flexibility index (Phi) is 4.98. The Morgan fingerprint density at radius 2 is 2.00 bits per heavy atom. The predicted molar refractivity (Wildman–Crippen MR) is 58.3 cm³/mol. The van der Waals surface area contributed by atoms with Crippen LogP contribution in [-0.2, 0) is 4.74 Å². The fourth-order valence-electron chi connectivity index (χ4n) is 1.22. The zero-order chi connectivity index (χ0) is 13.6. The molecule has 0 amide bonds. The zero-order valence-corrected chi connectivity index (χ0v) is 9.75. The van der Waals surface area contributed by atoms with Crippen molar-refractivity contribution in [1.29, 1.82) is 5.26 Å². The quantitative estimate of drug-likeness (QED) is 0.763. The number of hydrogen-bond donors (Lipinski definition) is 0. The van der Waals surface area contributed by atoms with Gasteiger partial charge in [0, 0.05) is 0 Å². The molecule has 98 valence electrons. The van der Waals surface area contributed by atoms with Gasteiger partial charge in [0.1, 0.15) is 19.0 Å². The number of ether oxygens (including phenoxy) is 2. The lowest BCUT2D eigenvalue weighted by Gasteiger charge is -2.10. The maximum atomic E-state index is 11.8. The number of rotatable bonds is 5. The largest absolute Gasteiger partial charge is 0.491 e. The monoisotopic (exact) mass is 259 g/mol. The molecule has 3 nitrogen and oxygen atoms in total. The first kappa shape index (κ1) is 14.3. The van der Waals surface area contributed by atoms with Crippen molar-refractivity contribution in [3.8, 4) is 11.8 Å². The Morgan fingerprint density at radius 3 is 2.61 bits per heavy atom. The Bertz CT molecular complexity index is 438. The van der Waals surface area contributed by atoms with Crippen LogP contribution in [-0.4, -0.2) is 26.0 Å². The minimum absolute atomic E-state index is 0.00576. The molecule has 0 atom stereocenters. The first-order chi connectivity index (χ1) is 8.42. The maximum Gasteiger partial charge on any atom is 0.411 e. The lowest BCUT2D eigenvalue weighted by molar-refractivity contribution is -0.175. The Labute approximate surface area is 103 Å². The van der Waals surface area contributed by atoms with Crippen molar-refractivity contribution in [2.24, 2.45) is 0 Å². The van der Waals surface area contributed by atoms with Crippen molar-refractivity contribution >= 4 is 0 Å². The summed E-state index contributed by atoms with van der Waals surface area (Å²) in [5.41, 5.74) is 1.25. The summed E-state index contributed by atoms with van der Waals surface area (Å²) in [6.07, 6.45) is -4.32. The summed E-state index contributed by atoms with van der Waals surface area (Å²) in [4.78, 5) is 0. The highest BCUT2D eigenvalue weighted by Crippen LogP contribution is 2.19. The van der Waals surface area contributed by atoms with Crippen LogP contribution < -0.4 is 4.74 Å². The third-order valence-electron chi connectivity index (χ3n) is 2.07. The summed E-state index contributed by atoms with van der Waals surface area (Å²) in [7, 11) is 0. The van der Waals surface area contributed by atoms with Gasteiger partial charge in [-0.25, -0.2) is 0 Å². The summed E-state index contributed by atoms with van der Waals surface area (Å²) >= 11 is 0. The van der Waals surface area contributed by atoms with Crippen LogP contribution in [0.15, 0.2) is 18.2 Å². The van der Waals surface area contributed by atoms with E-state index in [1.807, 2.05) is 6.07 Å². The second-order valence-electron chi connectivity index (χ2n) is 3.61. The van der Waals surface area contributed by atoms with Crippen LogP contribution in [0, 0.1) is 18.3 Å². The topological polar surface area (TPSA) is 42.2 Å². The summed E-state index contributed by atoms with van der Waals surface area (Å²) in [6.45, 7) is 0.349. The summed E-state index contributed by atoms with van der Waals surface area (Å²) in [5, 5.41) is 8.70. The van der Waals surface area contributed by atoms with Crippen LogP contribution in [0.4, 0.5) is 13.2 Å². The Hall–Kier alpha value is -1.74. The van der Waals surface area contributed by atoms with Gasteiger partial charge in [-0.15, -0.1) is 0 Å². The van der Waals surface area contributed by atoms with Crippen LogP contribution in [0.2, 0.25) is 0 Å². The number of nitriles is 1. The SMILES string of the molecule is Cc1ccc(C#N)cc1OCCOCC(F)(F)F. The smallest absolute Gasteiger partial charge is 0.411 e. The highest BCUT2D eigenvalue weighted by Gasteiger charge is 2.27. The van der Waals surface area contributed by atoms with E-state index in [2.05, 4.69) is 4.74 Å². The highest BCUT2D eigenvalue weighted by molar-refractivity contribution is 5.41. The molecule has 1 aromatic rings. The first-order valence-corrected chi connectivity index (χ1v) is 5.20. The summed E-state index contributed by atoms with van der Waals surface area (Å²) in [6, 6.07) is 6.85. The van der Waals surface area contributed by atoms with E-state index in [9.17, 15) is 13.2 Å². The second kappa shape index (κ2) is 6.26. The van der Waals surface area contributed by atoms with Crippen molar-refractivity contribution in [3.63, 3.8) is 0 Å². The lowest BCUT2D eigenvalue weighted by atomic mass is 10.1. The average Bonchev–Trinajstić information content (AvgIpc) is 2.29. The number of nitrogens with zero attached hydrogens (tertiary/aromatic N) is 1. The van der Waals surface area contributed by atoms with E-state index in [4.69, 9.17) is 10.00 Å². The molecule has 0 saturated carbocycles. The number of hydrogen-bond acceptors (Lipinski definition) is 3. The van der Waals surface area contributed by atoms with Gasteiger partial charge in [0.25, 0.3) is 0 Å². The van der Waals surface area contributed by atoms with Crippen molar-refractivity contribution in [2.45, 2.75) is 13.1 Å². The molecule has 1 rings (SSSR count). The van der Waals surface area contributed by atoms with E-state index in [1.54, 1.807) is 25.1 Å². The Balaban J connectivity index is 2.38. The number of halogens is 3. The first-order valence-electron chi connectivity index (χ1n) is 5.20. The predicted octanol–water partition coefficient (Wildman–Crippen LogP) is 2.82. The van der Waals surface area contributed by atoms with Gasteiger partial charge >= 0.3 is 6.18 Å². The van der Waals surface area contributed by atoms with E-state index < -0.39 is 12.8 Å². The van der Waals surface area contributed by atoms with Gasteiger partial charge in [-0.05, 0) is 24.6 Å². The molecule has 0 aliphatic heterocycles. The van der Waals surface area contributed by atoms with Crippen LogP contribution in [0.3, 0.4) is 0 Å². The third kappa shape index (κ3) is 5.06. The molecule has 0 radical (unpaired) electrons. The summed E-state index contributed by atoms with van der Waals surface area (Å²) < 4.78 is 45.0. The van der Waals surface area contributed by atoms with Gasteiger partial charge in [0.15, 0.2) is 0 Å². The molecule has 18 heavy (non-hydrogen) atoms. The van der Waals surface area contributed by atoms with Crippen LogP contribution in [0.1, 0.15) is 11.1 Å². The van der Waals surface area contributed by atoms with Crippen molar-refractivity contribution in [2.75, 3.05) is 19.8 Å². The third-order valence-corrected chi connectivity index (χ3v) is 2.07. The molecule has 6 heteroatoms. The zero-order valence-electron chi connectivity index (χ0n) is 9.75. The summed E-state index contributed by atoms with van der Waals surface area (Å²) in [5.74, 6) is 0.477. The normalized spacial score (nSPS) is 11.1. The Morgan fingerprint density at radius 1 is 1.28 bits per heavy atom. The number of alkyl halides is 3. The van der Waals surface area contributed by atoms with Crippen molar-refractivity contribution < 1.29 is 22.6 Å². The van der Waals surface area contributed by atoms with E-state index >= 15 is 0 Å². The molecule has 0 heterocycles. The van der Waals surface area contributed by atoms with E-state index in [0.29, 0.717) is 11.3 Å². The highest BCUT2D eigenvalue weighted by atomic mass is 19.4. The molecule has 0 spiro atoms. The van der Waals surface area contributed by atoms with E-state index in [1.165, 1.54) is 0 Å². The molecular weight excluding hydrogens is 247 g/mol. The van der Waals surface area contributed by atoms with Gasteiger partial charge in [-0.1, -0.05) is 6.07 Å². The van der Waals surface area contributed by atoms with Crippen molar-refractivity contribution in [1.82, 2.24) is 0 Å². The fourth-order valence-corrected chi connectivity index (χ4v) is 1.22. The van der Waals surface area contributed by atoms with Gasteiger partial charge < -0.3 is 9.47 Å². The average molecular weight is 259 g/mol. The fraction of sp³-hybridized carbons (Fsp3) is 0.417. The van der Waals surface area contributed by atoms with Gasteiger partial charge in [0.05, 0.1) is 18.2 Å². The number of benzene rings is 1. The molecule has 1 aromatic carbocycles. The van der Waals surface area contributed by atoms with E-state index in [0.717, 1.165) is 5.56 Å². The van der Waals surface area contributed by atoms with Gasteiger partial charge in [0.2, 0.25) is 0 Å². The molecule has 0 saturated heterocycles. The molecule has 0 N–H and O–H groups in total. The van der Waals surface area contributed by atoms with Gasteiger partial charge in [-0.2, -0.15) is 18.4 Å². The minimum Gasteiger partial charge on any atom is -0.491 e. The van der Waals surface area contributed by atoms with Crippen LogP contribution >= 0.6 is 0 Å². The molecule has 0 aliphatic rings. The molecule has 0 aromatic heterocycles. The molecule has 0 unspecified atom stereocenters. The van der Waals surface area contributed by atoms with Crippen molar-refractivity contribution in [3.05, 3.63) is 29.3 Å². The second-order valence-corrected chi connectivity index (χ2v) is 3.61. The molecule has 0 bridgehead atoms. The standard InChI is InChI=1S/C12H12F3NO2/c1-9-2-3-10(7-16)6-11(9)18-5-4-17-8-12(13,14)15/h2-3,6H,4-5,8H2,1H3. The van der Waals surface area contributed by atoms with Gasteiger partial charge in [-0.3, -0.25) is 0 Å². The maximum absolute atomic E-state index is 11.8. The van der Waals surface area contributed by atoms with E-state index in [-0.39, 0.29) is 13.2 Å². The molecular formula is C12H12F3NO2. The lowest BCUT2D eigenvalue weighted by Crippen LogP contribution is -2.19. The number of aryl methyl sites for hydroxylation is 1. The molecule has 0 aliphatic carbocycles. The van der Waals surface area contributed by atoms with Crippen LogP contribution in [0.25, 0.3) is 0 Å². The molecule has 0 fully saturated rings. The minimum atomic E-state index is -4.32.